The normalized spacial score (nSPS) is 13.7. The predicted molar refractivity (Wildman–Crippen MR) is 77.8 cm³/mol. The summed E-state index contributed by atoms with van der Waals surface area (Å²) in [6, 6.07) is 0.215. The van der Waals surface area contributed by atoms with E-state index < -0.39 is 0 Å². The molecule has 0 aliphatic carbocycles. The van der Waals surface area contributed by atoms with Crippen LogP contribution in [0.4, 0.5) is 0 Å². The molecular formula is C14H31N3O. The summed E-state index contributed by atoms with van der Waals surface area (Å²) in [5.41, 5.74) is 0.0765. The zero-order valence-corrected chi connectivity index (χ0v) is 13.0. The summed E-state index contributed by atoms with van der Waals surface area (Å²) in [7, 11) is 0. The Balaban J connectivity index is 3.80. The van der Waals surface area contributed by atoms with Crippen molar-refractivity contribution >= 4 is 5.91 Å². The van der Waals surface area contributed by atoms with Crippen LogP contribution in [0, 0.1) is 0 Å². The van der Waals surface area contributed by atoms with E-state index in [2.05, 4.69) is 57.1 Å². The summed E-state index contributed by atoms with van der Waals surface area (Å²) in [6.45, 7) is 16.4. The maximum atomic E-state index is 11.7. The average Bonchev–Trinajstić information content (AvgIpc) is 2.23. The van der Waals surface area contributed by atoms with Crippen LogP contribution in [0.5, 0.6) is 0 Å². The molecule has 18 heavy (non-hydrogen) atoms. The third-order valence-electron chi connectivity index (χ3n) is 2.84. The van der Waals surface area contributed by atoms with Gasteiger partial charge in [-0.3, -0.25) is 4.79 Å². The zero-order valence-electron chi connectivity index (χ0n) is 13.0. The first-order chi connectivity index (χ1) is 8.28. The number of nitrogens with zero attached hydrogens (tertiary/aromatic N) is 1. The number of hydrogen-bond donors (Lipinski definition) is 2. The molecule has 0 rings (SSSR count). The molecule has 1 amide bonds. The molecule has 0 spiro atoms. The molecule has 0 heterocycles. The van der Waals surface area contributed by atoms with Crippen LogP contribution in [0.15, 0.2) is 0 Å². The molecule has 0 radical (unpaired) electrons. The average molecular weight is 257 g/mol. The Morgan fingerprint density at radius 3 is 2.22 bits per heavy atom. The first-order valence-electron chi connectivity index (χ1n) is 7.05. The van der Waals surface area contributed by atoms with Gasteiger partial charge in [0.15, 0.2) is 0 Å². The summed E-state index contributed by atoms with van der Waals surface area (Å²) >= 11 is 0. The standard InChI is InChI=1S/C14H31N3O/c1-7-17(8-2)11-12(3)16-13(18)9-10-15-14(4,5)6/h12,15H,7-11H2,1-6H3,(H,16,18). The number of carbonyl (C=O) groups excluding carboxylic acids is 1. The highest BCUT2D eigenvalue weighted by Gasteiger charge is 2.12. The monoisotopic (exact) mass is 257 g/mol. The van der Waals surface area contributed by atoms with E-state index in [9.17, 15) is 4.79 Å². The molecule has 0 aliphatic heterocycles. The number of amides is 1. The first-order valence-corrected chi connectivity index (χ1v) is 7.05. The van der Waals surface area contributed by atoms with E-state index in [0.29, 0.717) is 6.42 Å². The minimum Gasteiger partial charge on any atom is -0.352 e. The maximum absolute atomic E-state index is 11.7. The number of rotatable bonds is 8. The molecule has 2 N–H and O–H groups in total. The highest BCUT2D eigenvalue weighted by Crippen LogP contribution is 1.98. The molecule has 1 atom stereocenters. The number of likely N-dealkylation sites (N-methyl/N-ethyl adjacent to an activating group) is 1. The van der Waals surface area contributed by atoms with Crippen molar-refractivity contribution in [1.29, 1.82) is 0 Å². The van der Waals surface area contributed by atoms with Crippen LogP contribution in [0.3, 0.4) is 0 Å². The lowest BCUT2D eigenvalue weighted by Gasteiger charge is -2.24. The van der Waals surface area contributed by atoms with Crippen molar-refractivity contribution in [2.24, 2.45) is 0 Å². The molecule has 0 saturated heterocycles. The summed E-state index contributed by atoms with van der Waals surface area (Å²) in [5.74, 6) is 0.131. The van der Waals surface area contributed by atoms with E-state index in [4.69, 9.17) is 0 Å². The second-order valence-electron chi connectivity index (χ2n) is 5.88. The molecule has 0 aliphatic rings. The fraction of sp³-hybridized carbons (Fsp3) is 0.929. The van der Waals surface area contributed by atoms with Crippen molar-refractivity contribution in [3.8, 4) is 0 Å². The minimum atomic E-state index is 0.0765. The fourth-order valence-electron chi connectivity index (χ4n) is 1.81. The third-order valence-corrected chi connectivity index (χ3v) is 2.84. The molecule has 0 aromatic heterocycles. The van der Waals surface area contributed by atoms with E-state index >= 15 is 0 Å². The molecule has 0 fully saturated rings. The van der Waals surface area contributed by atoms with Gasteiger partial charge in [0.2, 0.25) is 5.91 Å². The Bertz CT molecular complexity index is 232. The highest BCUT2D eigenvalue weighted by atomic mass is 16.1. The lowest BCUT2D eigenvalue weighted by molar-refractivity contribution is -0.121. The van der Waals surface area contributed by atoms with E-state index in [0.717, 1.165) is 26.2 Å². The van der Waals surface area contributed by atoms with E-state index in [-0.39, 0.29) is 17.5 Å². The van der Waals surface area contributed by atoms with Gasteiger partial charge in [-0.05, 0) is 40.8 Å². The van der Waals surface area contributed by atoms with Gasteiger partial charge in [0.25, 0.3) is 0 Å². The lowest BCUT2D eigenvalue weighted by Crippen LogP contribution is -2.43. The summed E-state index contributed by atoms with van der Waals surface area (Å²) in [4.78, 5) is 14.0. The number of carbonyl (C=O) groups is 1. The fourth-order valence-corrected chi connectivity index (χ4v) is 1.81. The Hall–Kier alpha value is -0.610. The van der Waals surface area contributed by atoms with Crippen LogP contribution in [0.25, 0.3) is 0 Å². The number of nitrogens with one attached hydrogen (secondary N) is 2. The Morgan fingerprint density at radius 2 is 1.78 bits per heavy atom. The van der Waals surface area contributed by atoms with Crippen molar-refractivity contribution in [2.45, 2.75) is 59.5 Å². The molecule has 0 bridgehead atoms. The summed E-state index contributed by atoms with van der Waals surface area (Å²) in [6.07, 6.45) is 0.542. The van der Waals surface area contributed by atoms with Gasteiger partial charge in [-0.15, -0.1) is 0 Å². The van der Waals surface area contributed by atoms with Gasteiger partial charge in [-0.25, -0.2) is 0 Å². The molecule has 1 unspecified atom stereocenters. The van der Waals surface area contributed by atoms with Gasteiger partial charge in [0, 0.05) is 31.1 Å². The quantitative estimate of drug-likeness (QED) is 0.694. The molecule has 0 aromatic carbocycles. The molecule has 0 saturated carbocycles. The maximum Gasteiger partial charge on any atom is 0.221 e. The minimum absolute atomic E-state index is 0.0765. The molecular weight excluding hydrogens is 226 g/mol. The zero-order chi connectivity index (χ0) is 14.2. The lowest BCUT2D eigenvalue weighted by atomic mass is 10.1. The third kappa shape index (κ3) is 9.42. The van der Waals surface area contributed by atoms with E-state index in [1.807, 2.05) is 0 Å². The first kappa shape index (κ1) is 17.4. The highest BCUT2D eigenvalue weighted by molar-refractivity contribution is 5.76. The van der Waals surface area contributed by atoms with Crippen molar-refractivity contribution in [3.63, 3.8) is 0 Å². The topological polar surface area (TPSA) is 44.4 Å². The van der Waals surface area contributed by atoms with Crippen LogP contribution in [0.1, 0.15) is 48.0 Å². The SMILES string of the molecule is CCN(CC)CC(C)NC(=O)CCNC(C)(C)C. The van der Waals surface area contributed by atoms with Crippen molar-refractivity contribution < 1.29 is 4.79 Å². The van der Waals surface area contributed by atoms with Crippen molar-refractivity contribution in [2.75, 3.05) is 26.2 Å². The van der Waals surface area contributed by atoms with E-state index in [1.165, 1.54) is 0 Å². The van der Waals surface area contributed by atoms with Crippen LogP contribution < -0.4 is 10.6 Å². The predicted octanol–water partition coefficient (Wildman–Crippen LogP) is 1.61. The molecule has 0 aromatic rings. The van der Waals surface area contributed by atoms with Crippen LogP contribution >= 0.6 is 0 Å². The van der Waals surface area contributed by atoms with Gasteiger partial charge in [-0.2, -0.15) is 0 Å². The van der Waals surface area contributed by atoms with Crippen molar-refractivity contribution in [1.82, 2.24) is 15.5 Å². The van der Waals surface area contributed by atoms with Gasteiger partial charge >= 0.3 is 0 Å². The molecule has 108 valence electrons. The molecule has 4 heteroatoms. The van der Waals surface area contributed by atoms with Gasteiger partial charge in [-0.1, -0.05) is 13.8 Å². The Morgan fingerprint density at radius 1 is 1.22 bits per heavy atom. The second kappa shape index (κ2) is 8.48. The van der Waals surface area contributed by atoms with Crippen LogP contribution in [-0.2, 0) is 4.79 Å². The van der Waals surface area contributed by atoms with Gasteiger partial charge in [0.1, 0.15) is 0 Å². The van der Waals surface area contributed by atoms with Gasteiger partial charge < -0.3 is 15.5 Å². The van der Waals surface area contributed by atoms with Crippen LogP contribution in [-0.4, -0.2) is 48.6 Å². The largest absolute Gasteiger partial charge is 0.352 e. The number of hydrogen-bond acceptors (Lipinski definition) is 3. The van der Waals surface area contributed by atoms with Gasteiger partial charge in [0.05, 0.1) is 0 Å². The molecule has 4 nitrogen and oxygen atoms in total. The summed E-state index contributed by atoms with van der Waals surface area (Å²) < 4.78 is 0. The summed E-state index contributed by atoms with van der Waals surface area (Å²) in [5, 5.41) is 6.36. The second-order valence-corrected chi connectivity index (χ2v) is 5.88. The Labute approximate surface area is 113 Å². The van der Waals surface area contributed by atoms with E-state index in [1.54, 1.807) is 0 Å². The smallest absolute Gasteiger partial charge is 0.221 e. The van der Waals surface area contributed by atoms with Crippen molar-refractivity contribution in [3.05, 3.63) is 0 Å². The Kier molecular flexibility index (Phi) is 8.20. The van der Waals surface area contributed by atoms with Crippen LogP contribution in [0.2, 0.25) is 0 Å².